The van der Waals surface area contributed by atoms with Gasteiger partial charge in [-0.2, -0.15) is 9.97 Å². The highest BCUT2D eigenvalue weighted by Gasteiger charge is 2.45. The third kappa shape index (κ3) is 2.98. The number of imidazole rings is 2. The van der Waals surface area contributed by atoms with Gasteiger partial charge in [0.25, 0.3) is 0 Å². The SMILES string of the molecule is CCc1nc2ccccc2n1-c1nc(N2CCOCC2)c2nc(CN3C[C@H]4NCC43)n(C)c2n1. The van der Waals surface area contributed by atoms with Crippen molar-refractivity contribution in [3.8, 4) is 5.95 Å². The van der Waals surface area contributed by atoms with Crippen LogP contribution in [-0.4, -0.2) is 85.4 Å². The summed E-state index contributed by atoms with van der Waals surface area (Å²) in [5, 5.41) is 3.48. The number of nitrogens with zero attached hydrogens (tertiary/aromatic N) is 8. The first-order valence-corrected chi connectivity index (χ1v) is 12.2. The Kier molecular flexibility index (Phi) is 4.61. The maximum Gasteiger partial charge on any atom is 0.239 e. The lowest BCUT2D eigenvalue weighted by Crippen LogP contribution is -2.77. The summed E-state index contributed by atoms with van der Waals surface area (Å²) >= 11 is 0. The fourth-order valence-corrected chi connectivity index (χ4v) is 5.43. The second-order valence-electron chi connectivity index (χ2n) is 9.42. The first-order chi connectivity index (χ1) is 16.7. The summed E-state index contributed by atoms with van der Waals surface area (Å²) in [5.74, 6) is 3.53. The number of morpholine rings is 1. The second-order valence-corrected chi connectivity index (χ2v) is 9.42. The standard InChI is InChI=1S/C24H29N9O/c1-3-19-26-15-6-4-5-7-17(15)33(19)24-28-22-21(23(29-24)31-8-10-34-11-9-31)27-20(30(22)2)14-32-13-16-18(32)12-25-16/h4-7,16,18,25H,3,8-14H2,1-2H3/t16-,18?/m1/s1. The molecule has 3 aliphatic rings. The minimum absolute atomic E-state index is 0.643. The smallest absolute Gasteiger partial charge is 0.239 e. The number of nitrogens with one attached hydrogen (secondary N) is 1. The van der Waals surface area contributed by atoms with Gasteiger partial charge in [0.05, 0.1) is 30.8 Å². The molecule has 10 heteroatoms. The van der Waals surface area contributed by atoms with Crippen LogP contribution in [0.4, 0.5) is 5.82 Å². The Morgan fingerprint density at radius 3 is 2.65 bits per heavy atom. The molecule has 176 valence electrons. The van der Waals surface area contributed by atoms with Gasteiger partial charge in [0.2, 0.25) is 5.95 Å². The fourth-order valence-electron chi connectivity index (χ4n) is 5.43. The summed E-state index contributed by atoms with van der Waals surface area (Å²) in [5.41, 5.74) is 3.72. The number of benzene rings is 1. The van der Waals surface area contributed by atoms with Gasteiger partial charge in [-0.25, -0.2) is 9.97 Å². The van der Waals surface area contributed by atoms with Gasteiger partial charge >= 0.3 is 0 Å². The lowest BCUT2D eigenvalue weighted by molar-refractivity contribution is -0.0257. The summed E-state index contributed by atoms with van der Waals surface area (Å²) in [4.78, 5) is 24.9. The van der Waals surface area contributed by atoms with Crippen molar-refractivity contribution in [3.05, 3.63) is 35.9 Å². The molecule has 0 amide bonds. The number of piperazine rings is 1. The van der Waals surface area contributed by atoms with E-state index in [0.29, 0.717) is 31.2 Å². The van der Waals surface area contributed by atoms with E-state index in [1.165, 1.54) is 0 Å². The van der Waals surface area contributed by atoms with Crippen LogP contribution >= 0.6 is 0 Å². The van der Waals surface area contributed by atoms with Gasteiger partial charge in [-0.05, 0) is 12.1 Å². The molecular weight excluding hydrogens is 430 g/mol. The fraction of sp³-hybridized carbons (Fsp3) is 0.500. The second kappa shape index (κ2) is 7.72. The average molecular weight is 460 g/mol. The van der Waals surface area contributed by atoms with Gasteiger partial charge < -0.3 is 19.5 Å². The van der Waals surface area contributed by atoms with Crippen molar-refractivity contribution in [2.24, 2.45) is 7.05 Å². The van der Waals surface area contributed by atoms with Crippen LogP contribution in [-0.2, 0) is 24.8 Å². The number of aryl methyl sites for hydroxylation is 2. The molecule has 6 heterocycles. The van der Waals surface area contributed by atoms with Crippen LogP contribution in [0.1, 0.15) is 18.6 Å². The number of anilines is 1. The normalized spacial score (nSPS) is 22.7. The highest BCUT2D eigenvalue weighted by molar-refractivity contribution is 5.86. The molecule has 3 aliphatic heterocycles. The molecule has 3 saturated heterocycles. The Balaban J connectivity index is 1.39. The lowest BCUT2D eigenvalue weighted by Gasteiger charge is -2.56. The van der Waals surface area contributed by atoms with E-state index in [1.54, 1.807) is 0 Å². The van der Waals surface area contributed by atoms with Crippen LogP contribution in [0, 0.1) is 0 Å². The predicted octanol–water partition coefficient (Wildman–Crippen LogP) is 1.26. The number of likely N-dealkylation sites (tertiary alicyclic amines) is 1. The molecule has 10 nitrogen and oxygen atoms in total. The third-order valence-electron chi connectivity index (χ3n) is 7.54. The molecule has 0 saturated carbocycles. The minimum Gasteiger partial charge on any atom is -0.378 e. The van der Waals surface area contributed by atoms with E-state index in [1.807, 2.05) is 18.2 Å². The van der Waals surface area contributed by atoms with E-state index in [4.69, 9.17) is 24.7 Å². The minimum atomic E-state index is 0.643. The molecular formula is C24H29N9O. The van der Waals surface area contributed by atoms with Gasteiger partial charge in [0.15, 0.2) is 17.0 Å². The van der Waals surface area contributed by atoms with E-state index >= 15 is 0 Å². The van der Waals surface area contributed by atoms with E-state index in [-0.39, 0.29) is 0 Å². The van der Waals surface area contributed by atoms with Crippen molar-refractivity contribution in [2.75, 3.05) is 44.3 Å². The Labute approximate surface area is 197 Å². The zero-order valence-corrected chi connectivity index (χ0v) is 19.6. The lowest BCUT2D eigenvalue weighted by atomic mass is 9.89. The molecule has 4 aromatic rings. The first-order valence-electron chi connectivity index (χ1n) is 12.2. The highest BCUT2D eigenvalue weighted by atomic mass is 16.5. The number of ether oxygens (including phenoxy) is 1. The monoisotopic (exact) mass is 459 g/mol. The van der Waals surface area contributed by atoms with E-state index in [2.05, 4.69) is 44.3 Å². The van der Waals surface area contributed by atoms with Crippen LogP contribution < -0.4 is 10.2 Å². The van der Waals surface area contributed by atoms with E-state index in [0.717, 1.165) is 78.8 Å². The molecule has 0 bridgehead atoms. The topological polar surface area (TPSA) is 89.2 Å². The Morgan fingerprint density at radius 2 is 1.91 bits per heavy atom. The molecule has 34 heavy (non-hydrogen) atoms. The molecule has 1 N–H and O–H groups in total. The number of aromatic nitrogens is 6. The largest absolute Gasteiger partial charge is 0.378 e. The van der Waals surface area contributed by atoms with Crippen molar-refractivity contribution in [2.45, 2.75) is 32.0 Å². The molecule has 2 atom stereocenters. The number of hydrogen-bond acceptors (Lipinski definition) is 8. The summed E-state index contributed by atoms with van der Waals surface area (Å²) in [6.45, 7) is 8.09. The highest BCUT2D eigenvalue weighted by Crippen LogP contribution is 2.31. The van der Waals surface area contributed by atoms with Gasteiger partial charge in [0, 0.05) is 51.7 Å². The van der Waals surface area contributed by atoms with Crippen LogP contribution in [0.15, 0.2) is 24.3 Å². The zero-order valence-electron chi connectivity index (χ0n) is 19.6. The van der Waals surface area contributed by atoms with Crippen LogP contribution in [0.3, 0.4) is 0 Å². The van der Waals surface area contributed by atoms with Crippen LogP contribution in [0.2, 0.25) is 0 Å². The van der Waals surface area contributed by atoms with Gasteiger partial charge in [0.1, 0.15) is 11.6 Å². The molecule has 1 unspecified atom stereocenters. The summed E-state index contributed by atoms with van der Waals surface area (Å²) in [6, 6.07) is 9.50. The van der Waals surface area contributed by atoms with Crippen LogP contribution in [0.5, 0.6) is 0 Å². The van der Waals surface area contributed by atoms with Crippen LogP contribution in [0.25, 0.3) is 28.1 Å². The average Bonchev–Trinajstić information content (AvgIpc) is 3.39. The van der Waals surface area contributed by atoms with E-state index < -0.39 is 0 Å². The molecule has 0 aliphatic carbocycles. The Hall–Kier alpha value is -3.08. The molecule has 0 radical (unpaired) electrons. The maximum absolute atomic E-state index is 5.62. The molecule has 0 spiro atoms. The van der Waals surface area contributed by atoms with Crippen molar-refractivity contribution < 1.29 is 4.74 Å². The summed E-state index contributed by atoms with van der Waals surface area (Å²) < 4.78 is 9.87. The zero-order chi connectivity index (χ0) is 22.8. The molecule has 3 fully saturated rings. The maximum atomic E-state index is 5.62. The molecule has 1 aromatic carbocycles. The third-order valence-corrected chi connectivity index (χ3v) is 7.54. The van der Waals surface area contributed by atoms with Crippen molar-refractivity contribution >= 4 is 28.0 Å². The number of hydrogen-bond donors (Lipinski definition) is 1. The number of fused-ring (bicyclic) bond motifs is 3. The number of para-hydroxylation sites is 2. The van der Waals surface area contributed by atoms with Gasteiger partial charge in [-0.3, -0.25) is 9.47 Å². The number of rotatable bonds is 5. The van der Waals surface area contributed by atoms with Gasteiger partial charge in [-0.1, -0.05) is 19.1 Å². The Bertz CT molecular complexity index is 1390. The Morgan fingerprint density at radius 1 is 1.06 bits per heavy atom. The molecule has 3 aromatic heterocycles. The first kappa shape index (κ1) is 20.3. The van der Waals surface area contributed by atoms with Crippen molar-refractivity contribution in [1.29, 1.82) is 0 Å². The summed E-state index contributed by atoms with van der Waals surface area (Å²) in [6.07, 6.45) is 0.797. The van der Waals surface area contributed by atoms with Gasteiger partial charge in [-0.15, -0.1) is 0 Å². The predicted molar refractivity (Wildman–Crippen MR) is 129 cm³/mol. The summed E-state index contributed by atoms with van der Waals surface area (Å²) in [7, 11) is 2.08. The van der Waals surface area contributed by atoms with Crippen molar-refractivity contribution in [1.82, 2.24) is 39.3 Å². The molecule has 7 rings (SSSR count). The van der Waals surface area contributed by atoms with Crippen molar-refractivity contribution in [3.63, 3.8) is 0 Å². The van der Waals surface area contributed by atoms with E-state index in [9.17, 15) is 0 Å². The quantitative estimate of drug-likeness (QED) is 0.477.